The molecule has 0 aromatic heterocycles. The van der Waals surface area contributed by atoms with Crippen LogP contribution in [0.4, 0.5) is 10.5 Å². The molecule has 1 saturated heterocycles. The van der Waals surface area contributed by atoms with Crippen molar-refractivity contribution in [2.75, 3.05) is 25.5 Å². The summed E-state index contributed by atoms with van der Waals surface area (Å²) in [7, 11) is 1.36. The van der Waals surface area contributed by atoms with Crippen molar-refractivity contribution in [3.63, 3.8) is 0 Å². The average Bonchev–Trinajstić information content (AvgIpc) is 2.49. The molecule has 1 heterocycles. The number of rotatable bonds is 2. The molecule has 2 rings (SSSR count). The van der Waals surface area contributed by atoms with Crippen molar-refractivity contribution >= 4 is 29.3 Å². The van der Waals surface area contributed by atoms with Crippen LogP contribution in [0.25, 0.3) is 0 Å². The maximum absolute atomic E-state index is 12.1. The highest BCUT2D eigenvalue weighted by Gasteiger charge is 2.27. The minimum atomic E-state index is -0.332. The van der Waals surface area contributed by atoms with Crippen molar-refractivity contribution in [1.82, 2.24) is 4.90 Å². The van der Waals surface area contributed by atoms with E-state index < -0.39 is 0 Å². The van der Waals surface area contributed by atoms with Crippen molar-refractivity contribution < 1.29 is 14.3 Å². The summed E-state index contributed by atoms with van der Waals surface area (Å²) >= 11 is 5.79. The minimum Gasteiger partial charge on any atom is -0.453 e. The lowest BCUT2D eigenvalue weighted by molar-refractivity contribution is -0.121. The molecule has 1 N–H and O–H groups in total. The van der Waals surface area contributed by atoms with Gasteiger partial charge in [-0.2, -0.15) is 0 Å². The van der Waals surface area contributed by atoms with E-state index in [2.05, 4.69) is 10.1 Å². The Balaban J connectivity index is 1.85. The number of halogens is 1. The Kier molecular flexibility index (Phi) is 4.84. The van der Waals surface area contributed by atoms with Crippen molar-refractivity contribution in [1.29, 1.82) is 0 Å². The van der Waals surface area contributed by atoms with Gasteiger partial charge in [0.1, 0.15) is 0 Å². The van der Waals surface area contributed by atoms with Gasteiger partial charge in [-0.1, -0.05) is 11.6 Å². The standard InChI is InChI=1S/C14H17ClN2O3/c1-20-14(19)17-8-6-10(7-9-17)13(18)16-12-4-2-11(15)3-5-12/h2-5,10H,6-9H2,1H3,(H,16,18). The van der Waals surface area contributed by atoms with Gasteiger partial charge in [-0.15, -0.1) is 0 Å². The summed E-state index contributed by atoms with van der Waals surface area (Å²) in [6, 6.07) is 7.00. The molecular formula is C14H17ClN2O3. The van der Waals surface area contributed by atoms with Gasteiger partial charge >= 0.3 is 6.09 Å². The summed E-state index contributed by atoms with van der Waals surface area (Å²) < 4.78 is 4.67. The Labute approximate surface area is 122 Å². The van der Waals surface area contributed by atoms with Gasteiger partial charge in [0, 0.05) is 29.7 Å². The zero-order chi connectivity index (χ0) is 14.5. The van der Waals surface area contributed by atoms with E-state index in [9.17, 15) is 9.59 Å². The molecule has 1 aliphatic rings. The summed E-state index contributed by atoms with van der Waals surface area (Å²) in [5.74, 6) is -0.0941. The first-order chi connectivity index (χ1) is 9.60. The molecule has 0 bridgehead atoms. The molecule has 1 aliphatic heterocycles. The minimum absolute atomic E-state index is 0.0168. The number of benzene rings is 1. The lowest BCUT2D eigenvalue weighted by atomic mass is 9.96. The van der Waals surface area contributed by atoms with E-state index in [1.807, 2.05) is 0 Å². The van der Waals surface area contributed by atoms with Crippen LogP contribution in [0.15, 0.2) is 24.3 Å². The number of amides is 2. The second kappa shape index (κ2) is 6.61. The van der Waals surface area contributed by atoms with Gasteiger partial charge in [0.2, 0.25) is 5.91 Å². The molecule has 108 valence electrons. The Morgan fingerprint density at radius 1 is 1.25 bits per heavy atom. The van der Waals surface area contributed by atoms with E-state index in [0.717, 1.165) is 5.69 Å². The summed E-state index contributed by atoms with van der Waals surface area (Å²) in [4.78, 5) is 25.1. The number of hydrogen-bond donors (Lipinski definition) is 1. The highest BCUT2D eigenvalue weighted by molar-refractivity contribution is 6.30. The van der Waals surface area contributed by atoms with E-state index in [4.69, 9.17) is 11.6 Å². The van der Waals surface area contributed by atoms with Crippen LogP contribution in [0.1, 0.15) is 12.8 Å². The third kappa shape index (κ3) is 3.63. The summed E-state index contributed by atoms with van der Waals surface area (Å²) in [6.07, 6.45) is 0.963. The van der Waals surface area contributed by atoms with Gasteiger partial charge in [0.05, 0.1) is 7.11 Å². The molecule has 0 atom stereocenters. The van der Waals surface area contributed by atoms with Gasteiger partial charge in [-0.05, 0) is 37.1 Å². The quantitative estimate of drug-likeness (QED) is 0.913. The van der Waals surface area contributed by atoms with Gasteiger partial charge in [0.25, 0.3) is 0 Å². The van der Waals surface area contributed by atoms with E-state index in [0.29, 0.717) is 31.0 Å². The summed E-state index contributed by atoms with van der Waals surface area (Å²) in [6.45, 7) is 1.09. The van der Waals surface area contributed by atoms with Gasteiger partial charge in [0.15, 0.2) is 0 Å². The third-order valence-electron chi connectivity index (χ3n) is 3.41. The lowest BCUT2D eigenvalue weighted by Crippen LogP contribution is -2.41. The molecule has 1 fully saturated rings. The lowest BCUT2D eigenvalue weighted by Gasteiger charge is -2.30. The molecule has 0 spiro atoms. The van der Waals surface area contributed by atoms with Crippen LogP contribution in [-0.2, 0) is 9.53 Å². The number of carbonyl (C=O) groups is 2. The second-order valence-electron chi connectivity index (χ2n) is 4.73. The Morgan fingerprint density at radius 2 is 1.85 bits per heavy atom. The fraction of sp³-hybridized carbons (Fsp3) is 0.429. The van der Waals surface area contributed by atoms with Crippen molar-refractivity contribution in [2.45, 2.75) is 12.8 Å². The van der Waals surface area contributed by atoms with Crippen LogP contribution in [0, 0.1) is 5.92 Å². The number of carbonyl (C=O) groups excluding carboxylic acids is 2. The van der Waals surface area contributed by atoms with E-state index in [1.165, 1.54) is 7.11 Å². The highest BCUT2D eigenvalue weighted by Crippen LogP contribution is 2.20. The molecule has 5 nitrogen and oxygen atoms in total. The molecule has 1 aromatic carbocycles. The van der Waals surface area contributed by atoms with Crippen LogP contribution < -0.4 is 5.32 Å². The third-order valence-corrected chi connectivity index (χ3v) is 3.66. The van der Waals surface area contributed by atoms with E-state index >= 15 is 0 Å². The van der Waals surface area contributed by atoms with Crippen LogP contribution >= 0.6 is 11.6 Å². The topological polar surface area (TPSA) is 58.6 Å². The summed E-state index contributed by atoms with van der Waals surface area (Å²) in [5.41, 5.74) is 0.731. The Morgan fingerprint density at radius 3 is 2.40 bits per heavy atom. The molecule has 0 unspecified atom stereocenters. The Bertz CT molecular complexity index is 482. The van der Waals surface area contributed by atoms with Crippen LogP contribution in [-0.4, -0.2) is 37.1 Å². The molecule has 1 aromatic rings. The van der Waals surface area contributed by atoms with Gasteiger partial charge in [-0.3, -0.25) is 4.79 Å². The molecule has 6 heteroatoms. The fourth-order valence-electron chi connectivity index (χ4n) is 2.23. The maximum atomic E-state index is 12.1. The molecule has 2 amide bonds. The number of methoxy groups -OCH3 is 1. The normalized spacial score (nSPS) is 15.8. The SMILES string of the molecule is COC(=O)N1CCC(C(=O)Nc2ccc(Cl)cc2)CC1. The Hall–Kier alpha value is -1.75. The molecule has 0 saturated carbocycles. The number of piperidine rings is 1. The van der Waals surface area contributed by atoms with Crippen molar-refractivity contribution in [2.24, 2.45) is 5.92 Å². The number of likely N-dealkylation sites (tertiary alicyclic amines) is 1. The predicted octanol–water partition coefficient (Wildman–Crippen LogP) is 2.76. The first-order valence-electron chi connectivity index (χ1n) is 6.49. The zero-order valence-corrected chi connectivity index (χ0v) is 12.0. The predicted molar refractivity (Wildman–Crippen MR) is 76.8 cm³/mol. The molecule has 20 heavy (non-hydrogen) atoms. The van der Waals surface area contributed by atoms with Crippen molar-refractivity contribution in [3.8, 4) is 0 Å². The van der Waals surface area contributed by atoms with Crippen LogP contribution in [0.2, 0.25) is 5.02 Å². The first kappa shape index (κ1) is 14.7. The summed E-state index contributed by atoms with van der Waals surface area (Å²) in [5, 5.41) is 3.50. The van der Waals surface area contributed by atoms with Crippen molar-refractivity contribution in [3.05, 3.63) is 29.3 Å². The monoisotopic (exact) mass is 296 g/mol. The number of nitrogens with zero attached hydrogens (tertiary/aromatic N) is 1. The smallest absolute Gasteiger partial charge is 0.409 e. The number of nitrogens with one attached hydrogen (secondary N) is 1. The van der Waals surface area contributed by atoms with Crippen LogP contribution in [0.3, 0.4) is 0 Å². The van der Waals surface area contributed by atoms with Gasteiger partial charge < -0.3 is 15.0 Å². The first-order valence-corrected chi connectivity index (χ1v) is 6.87. The van der Waals surface area contributed by atoms with E-state index in [-0.39, 0.29) is 17.9 Å². The molecular weight excluding hydrogens is 280 g/mol. The second-order valence-corrected chi connectivity index (χ2v) is 5.16. The zero-order valence-electron chi connectivity index (χ0n) is 11.3. The average molecular weight is 297 g/mol. The van der Waals surface area contributed by atoms with E-state index in [1.54, 1.807) is 29.2 Å². The fourth-order valence-corrected chi connectivity index (χ4v) is 2.36. The van der Waals surface area contributed by atoms with Crippen LogP contribution in [0.5, 0.6) is 0 Å². The molecule has 0 radical (unpaired) electrons. The number of ether oxygens (including phenoxy) is 1. The van der Waals surface area contributed by atoms with Gasteiger partial charge in [-0.25, -0.2) is 4.79 Å². The highest BCUT2D eigenvalue weighted by atomic mass is 35.5. The maximum Gasteiger partial charge on any atom is 0.409 e. The molecule has 0 aliphatic carbocycles. The largest absolute Gasteiger partial charge is 0.453 e. The number of hydrogen-bond acceptors (Lipinski definition) is 3. The number of anilines is 1.